The normalized spacial score (nSPS) is 27.4. The monoisotopic (exact) mass is 901 g/mol. The number of phosphoric acid groups is 1. The molecule has 4 rings (SSSR count). The first-order valence-corrected chi connectivity index (χ1v) is 20.2. The fraction of sp³-hybridized carbons (Fsp3) is 0.758. The average molecular weight is 902 g/mol. The van der Waals surface area contributed by atoms with Crippen molar-refractivity contribution < 1.29 is 106 Å². The van der Waals surface area contributed by atoms with Gasteiger partial charge >= 0.3 is 26.1 Å². The summed E-state index contributed by atoms with van der Waals surface area (Å²) in [6, 6.07) is 0. The molecule has 8 N–H and O–H groups in total. The molecule has 0 bridgehead atoms. The number of imidazole rings is 1. The molecule has 346 valence electrons. The first-order valence-electron chi connectivity index (χ1n) is 18.7. The van der Waals surface area contributed by atoms with Crippen LogP contribution < -0.4 is 5.32 Å². The summed E-state index contributed by atoms with van der Waals surface area (Å²) in [4.78, 5) is 48.6. The number of nitrogens with zero attached hydrogens (tertiary/aromatic N) is 4. The number of anilines is 1. The van der Waals surface area contributed by atoms with Crippen molar-refractivity contribution in [3.05, 3.63) is 12.7 Å². The Morgan fingerprint density at radius 2 is 1.41 bits per heavy atom. The quantitative estimate of drug-likeness (QED) is 0.0298. The van der Waals surface area contributed by atoms with Gasteiger partial charge in [0.2, 0.25) is 13.6 Å². The molecule has 61 heavy (non-hydrogen) atoms. The lowest BCUT2D eigenvalue weighted by Gasteiger charge is -2.46. The highest BCUT2D eigenvalue weighted by Gasteiger charge is 2.50. The number of hydrogen-bond donors (Lipinski definition) is 8. The van der Waals surface area contributed by atoms with E-state index in [1.165, 1.54) is 12.7 Å². The van der Waals surface area contributed by atoms with Gasteiger partial charge in [0, 0.05) is 12.5 Å². The van der Waals surface area contributed by atoms with Crippen LogP contribution in [0.4, 0.5) is 15.4 Å². The van der Waals surface area contributed by atoms with Crippen LogP contribution in [0.3, 0.4) is 0 Å². The van der Waals surface area contributed by atoms with Gasteiger partial charge in [-0.3, -0.25) is 4.52 Å². The summed E-state index contributed by atoms with van der Waals surface area (Å²) in [6.45, 7) is 3.43. The number of esters is 1. The highest BCUT2D eigenvalue weighted by atomic mass is 31.2. The molecular weight excluding hydrogens is 849 g/mol. The molecule has 0 amide bonds. The second kappa shape index (κ2) is 23.0. The van der Waals surface area contributed by atoms with Gasteiger partial charge in [0.15, 0.2) is 30.6 Å². The third-order valence-corrected chi connectivity index (χ3v) is 9.79. The van der Waals surface area contributed by atoms with Crippen molar-refractivity contribution in [3.8, 4) is 0 Å². The van der Waals surface area contributed by atoms with Crippen LogP contribution in [0.15, 0.2) is 12.7 Å². The fourth-order valence-corrected chi connectivity index (χ4v) is 6.45. The number of rotatable bonds is 21. The first kappa shape index (κ1) is 49.7. The van der Waals surface area contributed by atoms with E-state index in [1.807, 2.05) is 0 Å². The van der Waals surface area contributed by atoms with Crippen molar-refractivity contribution >= 4 is 43.1 Å². The van der Waals surface area contributed by atoms with Gasteiger partial charge in [0.25, 0.3) is 0 Å². The molecule has 0 radical (unpaired) electrons. The van der Waals surface area contributed by atoms with E-state index < -0.39 is 139 Å². The highest BCUT2D eigenvalue weighted by Crippen LogP contribution is 2.49. The van der Waals surface area contributed by atoms with Crippen molar-refractivity contribution in [2.24, 2.45) is 5.92 Å². The third kappa shape index (κ3) is 14.0. The molecular formula is C33H52N5O22P. The lowest BCUT2D eigenvalue weighted by Crippen LogP contribution is -2.65. The molecule has 2 aromatic heterocycles. The minimum Gasteiger partial charge on any atom is -0.464 e. The predicted octanol–water partition coefficient (Wildman–Crippen LogP) is -1.76. The number of carbonyl (C=O) groups is 3. The van der Waals surface area contributed by atoms with Gasteiger partial charge in [-0.25, -0.2) is 42.9 Å². The summed E-state index contributed by atoms with van der Waals surface area (Å²) < 4.78 is 70.3. The zero-order chi connectivity index (χ0) is 45.0. The number of fused-ring (bicyclic) bond motifs is 1. The van der Waals surface area contributed by atoms with Crippen LogP contribution in [-0.2, 0) is 67.4 Å². The number of carbonyl (C=O) groups excluding carboxylic acids is 3. The molecule has 2 aliphatic rings. The Morgan fingerprint density at radius 3 is 2.00 bits per heavy atom. The van der Waals surface area contributed by atoms with E-state index in [4.69, 9.17) is 42.0 Å². The predicted molar refractivity (Wildman–Crippen MR) is 196 cm³/mol. The number of ether oxygens (including phenoxy) is 8. The molecule has 11 atom stereocenters. The van der Waals surface area contributed by atoms with Crippen LogP contribution in [0.2, 0.25) is 0 Å². The Bertz CT molecular complexity index is 1740. The largest absolute Gasteiger partial charge is 0.510 e. The van der Waals surface area contributed by atoms with E-state index >= 15 is 0 Å². The second-order valence-corrected chi connectivity index (χ2v) is 15.8. The van der Waals surface area contributed by atoms with Crippen molar-refractivity contribution in [3.63, 3.8) is 0 Å². The fourth-order valence-electron chi connectivity index (χ4n) is 5.60. The van der Waals surface area contributed by atoms with E-state index in [1.54, 1.807) is 39.2 Å². The molecule has 1 unspecified atom stereocenters. The van der Waals surface area contributed by atoms with E-state index in [0.717, 1.165) is 0 Å². The zero-order valence-corrected chi connectivity index (χ0v) is 34.5. The molecule has 2 fully saturated rings. The Balaban J connectivity index is 1.32. The minimum absolute atomic E-state index is 0.0412. The van der Waals surface area contributed by atoms with E-state index in [-0.39, 0.29) is 30.1 Å². The average Bonchev–Trinajstić information content (AvgIpc) is 3.61. The van der Waals surface area contributed by atoms with Crippen LogP contribution >= 0.6 is 7.82 Å². The van der Waals surface area contributed by atoms with Gasteiger partial charge in [-0.15, -0.1) is 0 Å². The number of nitrogens with one attached hydrogen (secondary N) is 1. The first-order chi connectivity index (χ1) is 28.9. The van der Waals surface area contributed by atoms with Crippen molar-refractivity contribution in [2.45, 2.75) is 115 Å². The van der Waals surface area contributed by atoms with Gasteiger partial charge in [-0.1, -0.05) is 6.92 Å². The molecule has 2 aliphatic heterocycles. The van der Waals surface area contributed by atoms with Crippen molar-refractivity contribution in [1.29, 1.82) is 0 Å². The molecule has 0 aromatic carbocycles. The molecule has 0 spiro atoms. The van der Waals surface area contributed by atoms with Gasteiger partial charge in [-0.2, -0.15) is 0 Å². The Hall–Kier alpha value is -3.93. The van der Waals surface area contributed by atoms with Gasteiger partial charge in [0.05, 0.1) is 38.4 Å². The summed E-state index contributed by atoms with van der Waals surface area (Å²) in [6.07, 6.45) is -17.0. The molecule has 0 saturated carbocycles. The van der Waals surface area contributed by atoms with E-state index in [2.05, 4.69) is 29.7 Å². The lowest BCUT2D eigenvalue weighted by atomic mass is 9.96. The van der Waals surface area contributed by atoms with Crippen LogP contribution in [0, 0.1) is 5.92 Å². The molecule has 27 nitrogen and oxygen atoms in total. The Morgan fingerprint density at radius 1 is 0.787 bits per heavy atom. The maximum absolute atomic E-state index is 13.1. The maximum atomic E-state index is 13.1. The maximum Gasteiger partial charge on any atom is 0.510 e. The van der Waals surface area contributed by atoms with Crippen molar-refractivity contribution in [2.75, 3.05) is 45.3 Å². The highest BCUT2D eigenvalue weighted by molar-refractivity contribution is 7.48. The van der Waals surface area contributed by atoms with Crippen LogP contribution in [0.1, 0.15) is 34.6 Å². The van der Waals surface area contributed by atoms with Crippen LogP contribution in [0.5, 0.6) is 0 Å². The summed E-state index contributed by atoms with van der Waals surface area (Å²) >= 11 is 0. The number of aromatic nitrogens is 4. The topological polar surface area (TPSA) is 367 Å². The van der Waals surface area contributed by atoms with Gasteiger partial charge in [0.1, 0.15) is 60.7 Å². The number of hydrogen-bond acceptors (Lipinski definition) is 26. The van der Waals surface area contributed by atoms with Crippen molar-refractivity contribution in [1.82, 2.24) is 19.5 Å². The molecule has 2 aromatic rings. The SMILES string of the molecule is CC(C)OC(=O)OCOP(=O)(OCOC(=O)OC(C)C)OCC(=O)OC[C@H](C)Cn1cnc2c(NC3O[C@H](CO)[C@@H](O[C@@H]4O[C@H](CO)[C@H](O)[C@H](O)[C@H]4O)[C@H](O)[C@H]3O)ncnc21. The van der Waals surface area contributed by atoms with Crippen LogP contribution in [-0.4, -0.2) is 187 Å². The molecule has 28 heteroatoms. The van der Waals surface area contributed by atoms with Gasteiger partial charge in [-0.05, 0) is 27.7 Å². The third-order valence-electron chi connectivity index (χ3n) is 8.50. The Labute approximate surface area is 347 Å². The molecule has 2 saturated heterocycles. The van der Waals surface area contributed by atoms with Crippen LogP contribution in [0.25, 0.3) is 11.2 Å². The number of aliphatic hydroxyl groups excluding tert-OH is 7. The zero-order valence-electron chi connectivity index (χ0n) is 33.6. The summed E-state index contributed by atoms with van der Waals surface area (Å²) in [5.41, 5.74) is 0.464. The second-order valence-electron chi connectivity index (χ2n) is 14.1. The summed E-state index contributed by atoms with van der Waals surface area (Å²) in [7, 11) is -4.72. The summed E-state index contributed by atoms with van der Waals surface area (Å²) in [5, 5.41) is 74.9. The smallest absolute Gasteiger partial charge is 0.464 e. The Kier molecular flexibility index (Phi) is 18.7. The van der Waals surface area contributed by atoms with E-state index in [0.29, 0.717) is 0 Å². The number of aliphatic hydroxyl groups is 7. The number of phosphoric ester groups is 1. The minimum atomic E-state index is -4.72. The van der Waals surface area contributed by atoms with E-state index in [9.17, 15) is 54.7 Å². The summed E-state index contributed by atoms with van der Waals surface area (Å²) in [5.74, 6) is -1.38. The standard InChI is InChI=1S/C33H52N5O22P/c1-15(2)56-32(47)51-13-54-61(49,55-14-52-33(48)57-16(3)4)53-10-20(41)50-9-17(5)6-38-12-36-21-28(34-11-35-29(21)38)37-30-25(45)24(44)27(19(8-40)58-30)60-31-26(46)23(43)22(42)18(7-39)59-31/h11-12,15-19,22-27,30-31,39-40,42-46H,6-10,13-14H2,1-5H3,(H,34,35,37)/t17-,18-,19-,22+,23+,24-,25-,26-,27-,30?,31+/m1/s1. The lowest BCUT2D eigenvalue weighted by molar-refractivity contribution is -0.340. The van der Waals surface area contributed by atoms with Gasteiger partial charge < -0.3 is 83.5 Å². The molecule has 0 aliphatic carbocycles. The molecule has 4 heterocycles.